The summed E-state index contributed by atoms with van der Waals surface area (Å²) in [5, 5.41) is 9.73. The molecule has 1 amide bonds. The lowest BCUT2D eigenvalue weighted by molar-refractivity contribution is -0.116. The van der Waals surface area contributed by atoms with Crippen molar-refractivity contribution in [2.24, 2.45) is 0 Å². The normalized spacial score (nSPS) is 20.5. The Kier molecular flexibility index (Phi) is 3.88. The molecule has 2 aromatic rings. The standard InChI is InChI=1S/C18H21N3O3/c1-23-15-7-6-11(8-16(15)24-12-4-2-3-5-12)13-9-17(22)20-18-14(13)10-19-21-18/h6-8,10,12-13H,2-5,9H2,1H3,(H2,19,20,21,22). The average Bonchev–Trinajstić information content (AvgIpc) is 3.25. The zero-order chi connectivity index (χ0) is 16.5. The summed E-state index contributed by atoms with van der Waals surface area (Å²) in [6.45, 7) is 0. The van der Waals surface area contributed by atoms with Gasteiger partial charge in [0.25, 0.3) is 0 Å². The lowest BCUT2D eigenvalue weighted by atomic mass is 9.87. The van der Waals surface area contributed by atoms with Crippen LogP contribution in [0.5, 0.6) is 11.5 Å². The van der Waals surface area contributed by atoms with Crippen LogP contribution in [0.4, 0.5) is 5.82 Å². The highest BCUT2D eigenvalue weighted by Gasteiger charge is 2.29. The molecule has 1 atom stereocenters. The van der Waals surface area contributed by atoms with E-state index >= 15 is 0 Å². The first-order valence-corrected chi connectivity index (χ1v) is 8.42. The Morgan fingerprint density at radius 1 is 1.21 bits per heavy atom. The maximum atomic E-state index is 12.0. The lowest BCUT2D eigenvalue weighted by Crippen LogP contribution is -2.23. The molecule has 1 fully saturated rings. The molecule has 2 heterocycles. The zero-order valence-electron chi connectivity index (χ0n) is 13.7. The number of aromatic nitrogens is 2. The SMILES string of the molecule is COc1ccc(C2CC(=O)Nc3[nH]ncc32)cc1OC1CCCC1. The summed E-state index contributed by atoms with van der Waals surface area (Å²) in [7, 11) is 1.65. The van der Waals surface area contributed by atoms with E-state index in [1.54, 1.807) is 13.3 Å². The summed E-state index contributed by atoms with van der Waals surface area (Å²) in [5.41, 5.74) is 2.05. The highest BCUT2D eigenvalue weighted by atomic mass is 16.5. The second kappa shape index (κ2) is 6.19. The Bertz CT molecular complexity index is 750. The summed E-state index contributed by atoms with van der Waals surface area (Å²) < 4.78 is 11.6. The van der Waals surface area contributed by atoms with Crippen LogP contribution in [0, 0.1) is 0 Å². The number of amides is 1. The van der Waals surface area contributed by atoms with Gasteiger partial charge >= 0.3 is 0 Å². The Morgan fingerprint density at radius 2 is 2.04 bits per heavy atom. The molecule has 1 unspecified atom stereocenters. The van der Waals surface area contributed by atoms with E-state index in [4.69, 9.17) is 9.47 Å². The molecule has 1 aromatic heterocycles. The second-order valence-electron chi connectivity index (χ2n) is 6.44. The summed E-state index contributed by atoms with van der Waals surface area (Å²) in [4.78, 5) is 12.0. The minimum atomic E-state index is -0.0238. The van der Waals surface area contributed by atoms with Gasteiger partial charge in [-0.15, -0.1) is 0 Å². The monoisotopic (exact) mass is 327 g/mol. The van der Waals surface area contributed by atoms with E-state index in [1.165, 1.54) is 12.8 Å². The maximum absolute atomic E-state index is 12.0. The number of carbonyl (C=O) groups excluding carboxylic acids is 1. The van der Waals surface area contributed by atoms with Crippen LogP contribution >= 0.6 is 0 Å². The molecule has 1 aliphatic heterocycles. The Morgan fingerprint density at radius 3 is 2.83 bits per heavy atom. The molecule has 4 rings (SSSR count). The fourth-order valence-electron chi connectivity index (χ4n) is 3.63. The van der Waals surface area contributed by atoms with Crippen molar-refractivity contribution in [3.63, 3.8) is 0 Å². The fourth-order valence-corrected chi connectivity index (χ4v) is 3.63. The minimum Gasteiger partial charge on any atom is -0.493 e. The topological polar surface area (TPSA) is 76.2 Å². The summed E-state index contributed by atoms with van der Waals surface area (Å²) in [6.07, 6.45) is 7.05. The fraction of sp³-hybridized carbons (Fsp3) is 0.444. The molecule has 6 heteroatoms. The largest absolute Gasteiger partial charge is 0.493 e. The molecule has 0 bridgehead atoms. The number of rotatable bonds is 4. The first kappa shape index (κ1) is 15.1. The van der Waals surface area contributed by atoms with Gasteiger partial charge in [0.05, 0.1) is 19.4 Å². The number of fused-ring (bicyclic) bond motifs is 1. The number of carbonyl (C=O) groups is 1. The van der Waals surface area contributed by atoms with Crippen molar-refractivity contribution < 1.29 is 14.3 Å². The van der Waals surface area contributed by atoms with Crippen LogP contribution in [0.1, 0.15) is 49.1 Å². The third-order valence-corrected chi connectivity index (χ3v) is 4.88. The molecule has 2 N–H and O–H groups in total. The van der Waals surface area contributed by atoms with E-state index in [1.807, 2.05) is 18.2 Å². The van der Waals surface area contributed by atoms with Crippen LogP contribution in [0.25, 0.3) is 0 Å². The number of nitrogens with zero attached hydrogens (tertiary/aromatic N) is 1. The van der Waals surface area contributed by atoms with Crippen molar-refractivity contribution in [3.8, 4) is 11.5 Å². The number of nitrogens with one attached hydrogen (secondary N) is 2. The van der Waals surface area contributed by atoms with Crippen molar-refractivity contribution in [3.05, 3.63) is 35.5 Å². The second-order valence-corrected chi connectivity index (χ2v) is 6.44. The Labute approximate surface area is 140 Å². The summed E-state index contributed by atoms with van der Waals surface area (Å²) in [6, 6.07) is 5.93. The van der Waals surface area contributed by atoms with E-state index in [-0.39, 0.29) is 17.9 Å². The molecule has 1 aliphatic carbocycles. The van der Waals surface area contributed by atoms with E-state index in [9.17, 15) is 4.79 Å². The zero-order valence-corrected chi connectivity index (χ0v) is 13.7. The molecule has 6 nitrogen and oxygen atoms in total. The number of ether oxygens (including phenoxy) is 2. The highest BCUT2D eigenvalue weighted by molar-refractivity contribution is 5.94. The van der Waals surface area contributed by atoms with Gasteiger partial charge < -0.3 is 14.8 Å². The number of anilines is 1. The summed E-state index contributed by atoms with van der Waals surface area (Å²) in [5.74, 6) is 2.15. The van der Waals surface area contributed by atoms with Gasteiger partial charge in [0.15, 0.2) is 11.5 Å². The number of aromatic amines is 1. The highest BCUT2D eigenvalue weighted by Crippen LogP contribution is 2.40. The third kappa shape index (κ3) is 2.72. The predicted octanol–water partition coefficient (Wildman–Crippen LogP) is 3.21. The van der Waals surface area contributed by atoms with Gasteiger partial charge in [-0.2, -0.15) is 5.10 Å². The van der Waals surface area contributed by atoms with E-state index < -0.39 is 0 Å². The van der Waals surface area contributed by atoms with Crippen molar-refractivity contribution in [1.29, 1.82) is 0 Å². The molecule has 24 heavy (non-hydrogen) atoms. The van der Waals surface area contributed by atoms with Crippen molar-refractivity contribution >= 4 is 11.7 Å². The Hall–Kier alpha value is -2.50. The molecular formula is C18H21N3O3. The molecule has 0 radical (unpaired) electrons. The quantitative estimate of drug-likeness (QED) is 0.904. The van der Waals surface area contributed by atoms with Crippen molar-refractivity contribution in [2.45, 2.75) is 44.1 Å². The molecular weight excluding hydrogens is 306 g/mol. The van der Waals surface area contributed by atoms with Crippen LogP contribution in [0.2, 0.25) is 0 Å². The molecule has 1 saturated carbocycles. The van der Waals surface area contributed by atoms with Gasteiger partial charge in [0.2, 0.25) is 5.91 Å². The van der Waals surface area contributed by atoms with Crippen LogP contribution in [0.15, 0.2) is 24.4 Å². The number of hydrogen-bond donors (Lipinski definition) is 2. The van der Waals surface area contributed by atoms with Gasteiger partial charge in [-0.1, -0.05) is 6.07 Å². The molecule has 126 valence electrons. The van der Waals surface area contributed by atoms with Gasteiger partial charge in [-0.25, -0.2) is 0 Å². The van der Waals surface area contributed by atoms with Crippen LogP contribution in [-0.4, -0.2) is 29.3 Å². The molecule has 2 aliphatic rings. The maximum Gasteiger partial charge on any atom is 0.226 e. The first-order valence-electron chi connectivity index (χ1n) is 8.42. The van der Waals surface area contributed by atoms with Crippen LogP contribution in [-0.2, 0) is 4.79 Å². The molecule has 0 spiro atoms. The van der Waals surface area contributed by atoms with E-state index in [2.05, 4.69) is 15.5 Å². The van der Waals surface area contributed by atoms with Gasteiger partial charge in [0, 0.05) is 17.9 Å². The summed E-state index contributed by atoms with van der Waals surface area (Å²) >= 11 is 0. The van der Waals surface area contributed by atoms with E-state index in [0.717, 1.165) is 35.5 Å². The average molecular weight is 327 g/mol. The molecule has 0 saturated heterocycles. The number of hydrogen-bond acceptors (Lipinski definition) is 4. The predicted molar refractivity (Wildman–Crippen MR) is 89.6 cm³/mol. The third-order valence-electron chi connectivity index (χ3n) is 4.88. The lowest BCUT2D eigenvalue weighted by Gasteiger charge is -2.24. The van der Waals surface area contributed by atoms with Gasteiger partial charge in [-0.3, -0.25) is 9.89 Å². The van der Waals surface area contributed by atoms with Crippen molar-refractivity contribution in [2.75, 3.05) is 12.4 Å². The smallest absolute Gasteiger partial charge is 0.226 e. The molecule has 1 aromatic carbocycles. The Balaban J connectivity index is 1.67. The van der Waals surface area contributed by atoms with Gasteiger partial charge in [0.1, 0.15) is 5.82 Å². The van der Waals surface area contributed by atoms with Crippen LogP contribution in [0.3, 0.4) is 0 Å². The van der Waals surface area contributed by atoms with Crippen molar-refractivity contribution in [1.82, 2.24) is 10.2 Å². The minimum absolute atomic E-state index is 0.00849. The number of benzene rings is 1. The number of H-pyrrole nitrogens is 1. The van der Waals surface area contributed by atoms with Gasteiger partial charge in [-0.05, 0) is 43.4 Å². The number of methoxy groups -OCH3 is 1. The van der Waals surface area contributed by atoms with Crippen LogP contribution < -0.4 is 14.8 Å². The van der Waals surface area contributed by atoms with E-state index in [0.29, 0.717) is 12.2 Å². The first-order chi connectivity index (χ1) is 11.7.